The number of allylic oxidation sites excluding steroid dienone is 2. The topological polar surface area (TPSA) is 17.1 Å². The van der Waals surface area contributed by atoms with Gasteiger partial charge >= 0.3 is 0 Å². The van der Waals surface area contributed by atoms with Crippen molar-refractivity contribution in [1.82, 2.24) is 0 Å². The van der Waals surface area contributed by atoms with E-state index in [1.165, 1.54) is 5.57 Å². The third-order valence-corrected chi connectivity index (χ3v) is 1.86. The van der Waals surface area contributed by atoms with Gasteiger partial charge in [0.2, 0.25) is 0 Å². The average Bonchev–Trinajstić information content (AvgIpc) is 2.03. The van der Waals surface area contributed by atoms with E-state index in [0.29, 0.717) is 12.2 Å². The standard InChI is InChI=1S/C11H20O/c1-4-11(12)9-7-5-6-8-10(2)3/h8H,4-7,9H2,1-3H3. The van der Waals surface area contributed by atoms with Crippen LogP contribution in [0.25, 0.3) is 0 Å². The lowest BCUT2D eigenvalue weighted by Crippen LogP contribution is -1.93. The Kier molecular flexibility index (Phi) is 6.73. The van der Waals surface area contributed by atoms with Crippen molar-refractivity contribution in [1.29, 1.82) is 0 Å². The molecule has 0 unspecified atom stereocenters. The number of unbranched alkanes of at least 4 members (excludes halogenated alkanes) is 2. The van der Waals surface area contributed by atoms with Crippen molar-refractivity contribution in [3.63, 3.8) is 0 Å². The van der Waals surface area contributed by atoms with Crippen molar-refractivity contribution in [2.75, 3.05) is 0 Å². The maximum absolute atomic E-state index is 10.9. The van der Waals surface area contributed by atoms with Crippen LogP contribution in [0.4, 0.5) is 0 Å². The molecule has 0 heterocycles. The first-order valence-electron chi connectivity index (χ1n) is 4.82. The molecule has 0 aliphatic carbocycles. The molecular weight excluding hydrogens is 148 g/mol. The van der Waals surface area contributed by atoms with Gasteiger partial charge in [-0.15, -0.1) is 0 Å². The Hall–Kier alpha value is -0.590. The number of rotatable bonds is 6. The highest BCUT2D eigenvalue weighted by Crippen LogP contribution is 2.04. The summed E-state index contributed by atoms with van der Waals surface area (Å²) in [5, 5.41) is 0. The molecular formula is C11H20O. The van der Waals surface area contributed by atoms with Crippen molar-refractivity contribution in [3.05, 3.63) is 11.6 Å². The summed E-state index contributed by atoms with van der Waals surface area (Å²) in [6.45, 7) is 6.15. The van der Waals surface area contributed by atoms with Gasteiger partial charge in [-0.2, -0.15) is 0 Å². The zero-order valence-corrected chi connectivity index (χ0v) is 8.52. The van der Waals surface area contributed by atoms with E-state index in [1.54, 1.807) is 0 Å². The molecule has 0 aromatic rings. The summed E-state index contributed by atoms with van der Waals surface area (Å²) in [5.41, 5.74) is 1.37. The quantitative estimate of drug-likeness (QED) is 0.438. The van der Waals surface area contributed by atoms with Crippen LogP contribution in [0.15, 0.2) is 11.6 Å². The van der Waals surface area contributed by atoms with Gasteiger partial charge < -0.3 is 0 Å². The number of Topliss-reactive ketones (excluding diaryl/α,β-unsaturated/α-hetero) is 1. The molecule has 70 valence electrons. The normalized spacial score (nSPS) is 9.58. The van der Waals surface area contributed by atoms with Gasteiger partial charge in [-0.1, -0.05) is 18.6 Å². The van der Waals surface area contributed by atoms with Crippen LogP contribution in [-0.4, -0.2) is 5.78 Å². The van der Waals surface area contributed by atoms with Crippen molar-refractivity contribution in [3.8, 4) is 0 Å². The van der Waals surface area contributed by atoms with Gasteiger partial charge in [0.05, 0.1) is 0 Å². The number of carbonyl (C=O) groups is 1. The average molecular weight is 168 g/mol. The highest BCUT2D eigenvalue weighted by atomic mass is 16.1. The van der Waals surface area contributed by atoms with Crippen LogP contribution in [-0.2, 0) is 4.79 Å². The van der Waals surface area contributed by atoms with Crippen LogP contribution >= 0.6 is 0 Å². The second-order valence-electron chi connectivity index (χ2n) is 3.42. The van der Waals surface area contributed by atoms with Crippen molar-refractivity contribution in [2.24, 2.45) is 0 Å². The molecule has 0 N–H and O–H groups in total. The monoisotopic (exact) mass is 168 g/mol. The number of ketones is 1. The molecule has 0 aliphatic heterocycles. The molecule has 0 aromatic heterocycles. The molecule has 1 heteroatoms. The molecule has 0 bridgehead atoms. The number of carbonyl (C=O) groups excluding carboxylic acids is 1. The molecule has 0 spiro atoms. The summed E-state index contributed by atoms with van der Waals surface area (Å²) in [4.78, 5) is 10.9. The van der Waals surface area contributed by atoms with Crippen molar-refractivity contribution in [2.45, 2.75) is 52.9 Å². The minimum absolute atomic E-state index is 0.396. The fourth-order valence-electron chi connectivity index (χ4n) is 1.03. The van der Waals surface area contributed by atoms with Gasteiger partial charge in [-0.25, -0.2) is 0 Å². The van der Waals surface area contributed by atoms with Crippen LogP contribution in [0.1, 0.15) is 52.9 Å². The molecule has 0 fully saturated rings. The van der Waals surface area contributed by atoms with Gasteiger partial charge in [-0.05, 0) is 33.1 Å². The highest BCUT2D eigenvalue weighted by molar-refractivity contribution is 5.77. The van der Waals surface area contributed by atoms with Gasteiger partial charge in [0.25, 0.3) is 0 Å². The fraction of sp³-hybridized carbons (Fsp3) is 0.727. The molecule has 0 saturated heterocycles. The summed E-state index contributed by atoms with van der Waals surface area (Å²) < 4.78 is 0. The second-order valence-corrected chi connectivity index (χ2v) is 3.42. The number of hydrogen-bond acceptors (Lipinski definition) is 1. The summed E-state index contributed by atoms with van der Waals surface area (Å²) in [6.07, 6.45) is 7.03. The van der Waals surface area contributed by atoms with Gasteiger partial charge in [-0.3, -0.25) is 4.79 Å². The minimum Gasteiger partial charge on any atom is -0.300 e. The lowest BCUT2D eigenvalue weighted by molar-refractivity contribution is -0.118. The largest absolute Gasteiger partial charge is 0.300 e. The molecule has 0 rings (SSSR count). The zero-order valence-electron chi connectivity index (χ0n) is 8.52. The van der Waals surface area contributed by atoms with E-state index in [0.717, 1.165) is 25.7 Å². The first-order chi connectivity index (χ1) is 5.66. The maximum atomic E-state index is 10.9. The fourth-order valence-corrected chi connectivity index (χ4v) is 1.03. The Balaban J connectivity index is 3.22. The third-order valence-electron chi connectivity index (χ3n) is 1.86. The van der Waals surface area contributed by atoms with Crippen LogP contribution in [0.5, 0.6) is 0 Å². The molecule has 0 amide bonds. The molecule has 1 nitrogen and oxygen atoms in total. The highest BCUT2D eigenvalue weighted by Gasteiger charge is 1.95. The summed E-state index contributed by atoms with van der Waals surface area (Å²) in [7, 11) is 0. The third kappa shape index (κ3) is 7.52. The smallest absolute Gasteiger partial charge is 0.132 e. The Morgan fingerprint density at radius 1 is 1.25 bits per heavy atom. The van der Waals surface area contributed by atoms with E-state index in [-0.39, 0.29) is 0 Å². The summed E-state index contributed by atoms with van der Waals surface area (Å²) in [6, 6.07) is 0. The van der Waals surface area contributed by atoms with Crippen LogP contribution < -0.4 is 0 Å². The van der Waals surface area contributed by atoms with E-state index < -0.39 is 0 Å². The molecule has 0 radical (unpaired) electrons. The summed E-state index contributed by atoms with van der Waals surface area (Å²) >= 11 is 0. The van der Waals surface area contributed by atoms with Crippen LogP contribution in [0.2, 0.25) is 0 Å². The predicted molar refractivity (Wildman–Crippen MR) is 53.2 cm³/mol. The molecule has 0 saturated carbocycles. The van der Waals surface area contributed by atoms with Crippen molar-refractivity contribution >= 4 is 5.78 Å². The van der Waals surface area contributed by atoms with E-state index in [2.05, 4.69) is 19.9 Å². The van der Waals surface area contributed by atoms with Crippen molar-refractivity contribution < 1.29 is 4.79 Å². The summed E-state index contributed by atoms with van der Waals surface area (Å²) in [5.74, 6) is 0.396. The van der Waals surface area contributed by atoms with E-state index in [4.69, 9.17) is 0 Å². The van der Waals surface area contributed by atoms with Crippen LogP contribution in [0, 0.1) is 0 Å². The van der Waals surface area contributed by atoms with E-state index in [9.17, 15) is 4.79 Å². The number of hydrogen-bond donors (Lipinski definition) is 0. The second kappa shape index (κ2) is 7.08. The Morgan fingerprint density at radius 3 is 2.42 bits per heavy atom. The lowest BCUT2D eigenvalue weighted by Gasteiger charge is -1.96. The predicted octanol–water partition coefficient (Wildman–Crippen LogP) is 3.49. The molecule has 0 aliphatic rings. The zero-order chi connectivity index (χ0) is 9.40. The molecule has 0 atom stereocenters. The van der Waals surface area contributed by atoms with Gasteiger partial charge in [0.15, 0.2) is 0 Å². The van der Waals surface area contributed by atoms with Gasteiger partial charge in [0.1, 0.15) is 5.78 Å². The minimum atomic E-state index is 0.396. The van der Waals surface area contributed by atoms with Crippen LogP contribution in [0.3, 0.4) is 0 Å². The Morgan fingerprint density at radius 2 is 1.92 bits per heavy atom. The van der Waals surface area contributed by atoms with E-state index in [1.807, 2.05) is 6.92 Å². The SMILES string of the molecule is CCC(=O)CCCCC=C(C)C. The Labute approximate surface area is 75.9 Å². The van der Waals surface area contributed by atoms with Gasteiger partial charge in [0, 0.05) is 12.8 Å². The Bertz CT molecular complexity index is 152. The first kappa shape index (κ1) is 11.4. The lowest BCUT2D eigenvalue weighted by atomic mass is 10.1. The van der Waals surface area contributed by atoms with E-state index >= 15 is 0 Å². The molecule has 12 heavy (non-hydrogen) atoms. The first-order valence-corrected chi connectivity index (χ1v) is 4.82. The maximum Gasteiger partial charge on any atom is 0.132 e. The molecule has 0 aromatic carbocycles.